The fraction of sp³-hybridized carbons (Fsp3) is 0.579. The number of halogens is 4. The molecule has 3 rings (SSSR count). The number of likely N-dealkylation sites (tertiary alicyclic amines) is 2. The van der Waals surface area contributed by atoms with Crippen LogP contribution in [0.25, 0.3) is 0 Å². The van der Waals surface area contributed by atoms with Crippen LogP contribution in [0.2, 0.25) is 0 Å². The van der Waals surface area contributed by atoms with Crippen LogP contribution in [0.15, 0.2) is 24.3 Å². The number of alkyl halides is 3. The molecular weight excluding hydrogens is 395 g/mol. The van der Waals surface area contributed by atoms with E-state index in [4.69, 9.17) is 0 Å². The molecule has 2 heterocycles. The van der Waals surface area contributed by atoms with Crippen molar-refractivity contribution < 1.29 is 22.8 Å². The Labute approximate surface area is 168 Å². The van der Waals surface area contributed by atoms with Gasteiger partial charge >= 0.3 is 6.18 Å². The van der Waals surface area contributed by atoms with Gasteiger partial charge < -0.3 is 15.1 Å². The summed E-state index contributed by atoms with van der Waals surface area (Å²) < 4.78 is 38.5. The van der Waals surface area contributed by atoms with Crippen LogP contribution in [0.1, 0.15) is 30.4 Å². The summed E-state index contributed by atoms with van der Waals surface area (Å²) in [6.07, 6.45) is -2.51. The summed E-state index contributed by atoms with van der Waals surface area (Å²) in [5.41, 5.74) is -0.312. The minimum atomic E-state index is -4.41. The van der Waals surface area contributed by atoms with E-state index in [-0.39, 0.29) is 43.7 Å². The van der Waals surface area contributed by atoms with Crippen LogP contribution in [-0.2, 0) is 22.3 Å². The quantitative estimate of drug-likeness (QED) is 0.816. The Hall–Kier alpha value is -1.80. The second-order valence-electron chi connectivity index (χ2n) is 7.26. The van der Waals surface area contributed by atoms with Crippen LogP contribution in [-0.4, -0.2) is 54.3 Å². The van der Waals surface area contributed by atoms with E-state index < -0.39 is 17.7 Å². The average molecular weight is 420 g/mol. The van der Waals surface area contributed by atoms with Gasteiger partial charge in [-0.3, -0.25) is 9.59 Å². The van der Waals surface area contributed by atoms with Gasteiger partial charge in [0.15, 0.2) is 0 Å². The van der Waals surface area contributed by atoms with Crippen LogP contribution in [0, 0.1) is 5.92 Å². The lowest BCUT2D eigenvalue weighted by molar-refractivity contribution is -0.138. The Morgan fingerprint density at radius 3 is 2.54 bits per heavy atom. The number of nitrogens with one attached hydrogen (secondary N) is 1. The number of carbonyl (C=O) groups excluding carboxylic acids is 2. The molecule has 1 unspecified atom stereocenters. The average Bonchev–Trinajstić information content (AvgIpc) is 3.01. The summed E-state index contributed by atoms with van der Waals surface area (Å²) >= 11 is 0. The highest BCUT2D eigenvalue weighted by Gasteiger charge is 2.37. The fourth-order valence-corrected chi connectivity index (χ4v) is 3.80. The van der Waals surface area contributed by atoms with Gasteiger partial charge in [-0.1, -0.05) is 12.1 Å². The highest BCUT2D eigenvalue weighted by atomic mass is 35.5. The monoisotopic (exact) mass is 419 g/mol. The van der Waals surface area contributed by atoms with Crippen LogP contribution in [0.4, 0.5) is 13.2 Å². The Morgan fingerprint density at radius 1 is 1.25 bits per heavy atom. The van der Waals surface area contributed by atoms with E-state index in [9.17, 15) is 22.8 Å². The number of hydrogen-bond donors (Lipinski definition) is 1. The highest BCUT2D eigenvalue weighted by Crippen LogP contribution is 2.30. The van der Waals surface area contributed by atoms with Gasteiger partial charge in [-0.2, -0.15) is 13.2 Å². The van der Waals surface area contributed by atoms with Crippen molar-refractivity contribution in [2.45, 2.75) is 38.0 Å². The highest BCUT2D eigenvalue weighted by molar-refractivity contribution is 5.89. The molecule has 0 spiro atoms. The van der Waals surface area contributed by atoms with Gasteiger partial charge in [-0.25, -0.2) is 0 Å². The third-order valence-electron chi connectivity index (χ3n) is 5.41. The molecular formula is C19H25ClF3N3O2. The lowest BCUT2D eigenvalue weighted by atomic mass is 10.0. The largest absolute Gasteiger partial charge is 0.416 e. The summed E-state index contributed by atoms with van der Waals surface area (Å²) in [5, 5.41) is 3.21. The number of rotatable bonds is 4. The minimum absolute atomic E-state index is 0. The van der Waals surface area contributed by atoms with Gasteiger partial charge in [0.25, 0.3) is 0 Å². The Kier molecular flexibility index (Phi) is 7.33. The Morgan fingerprint density at radius 2 is 1.93 bits per heavy atom. The van der Waals surface area contributed by atoms with E-state index in [1.807, 2.05) is 7.05 Å². The molecule has 0 aliphatic carbocycles. The molecule has 9 heteroatoms. The molecule has 156 valence electrons. The van der Waals surface area contributed by atoms with Crippen molar-refractivity contribution in [1.82, 2.24) is 15.1 Å². The predicted molar refractivity (Wildman–Crippen MR) is 101 cm³/mol. The molecule has 0 bridgehead atoms. The second kappa shape index (κ2) is 9.13. The first-order chi connectivity index (χ1) is 12.8. The molecule has 2 amide bonds. The molecule has 2 fully saturated rings. The third-order valence-corrected chi connectivity index (χ3v) is 5.41. The van der Waals surface area contributed by atoms with Gasteiger partial charge in [0.2, 0.25) is 11.8 Å². The van der Waals surface area contributed by atoms with Crippen LogP contribution in [0.3, 0.4) is 0 Å². The summed E-state index contributed by atoms with van der Waals surface area (Å²) in [7, 11) is 1.91. The van der Waals surface area contributed by atoms with Crippen molar-refractivity contribution in [3.05, 3.63) is 35.4 Å². The predicted octanol–water partition coefficient (Wildman–Crippen LogP) is 2.69. The number of nitrogens with zero attached hydrogens (tertiary/aromatic N) is 2. The van der Waals surface area contributed by atoms with E-state index >= 15 is 0 Å². The van der Waals surface area contributed by atoms with Crippen molar-refractivity contribution in [3.8, 4) is 0 Å². The zero-order chi connectivity index (χ0) is 19.6. The van der Waals surface area contributed by atoms with Gasteiger partial charge in [0.1, 0.15) is 0 Å². The molecule has 5 nitrogen and oxygen atoms in total. The summed E-state index contributed by atoms with van der Waals surface area (Å²) in [6.45, 7) is 1.69. The number of benzene rings is 1. The molecule has 2 saturated heterocycles. The standard InChI is InChI=1S/C19H24F3N3O2.ClH/c1-23-16-5-7-24(8-6-16)18(27)14-10-17(26)25(12-14)11-13-3-2-4-15(9-13)19(20,21)22;/h2-4,9,14,16,23H,5-8,10-12H2,1H3;1H. The lowest BCUT2D eigenvalue weighted by Crippen LogP contribution is -2.46. The number of piperidine rings is 1. The van der Waals surface area contributed by atoms with Crippen molar-refractivity contribution in [2.75, 3.05) is 26.7 Å². The zero-order valence-corrected chi connectivity index (χ0v) is 16.5. The topological polar surface area (TPSA) is 52.7 Å². The van der Waals surface area contributed by atoms with Crippen molar-refractivity contribution in [1.29, 1.82) is 0 Å². The first-order valence-corrected chi connectivity index (χ1v) is 9.18. The Bertz CT molecular complexity index is 706. The van der Waals surface area contributed by atoms with E-state index in [0.717, 1.165) is 25.0 Å². The summed E-state index contributed by atoms with van der Waals surface area (Å²) in [5.74, 6) is -0.616. The molecule has 28 heavy (non-hydrogen) atoms. The van der Waals surface area contributed by atoms with Crippen LogP contribution >= 0.6 is 12.4 Å². The molecule has 0 radical (unpaired) electrons. The minimum Gasteiger partial charge on any atom is -0.342 e. The van der Waals surface area contributed by atoms with Crippen molar-refractivity contribution in [3.63, 3.8) is 0 Å². The number of hydrogen-bond acceptors (Lipinski definition) is 3. The molecule has 2 aliphatic heterocycles. The molecule has 1 aromatic carbocycles. The number of carbonyl (C=O) groups is 2. The van der Waals surface area contributed by atoms with Crippen LogP contribution < -0.4 is 5.32 Å². The zero-order valence-electron chi connectivity index (χ0n) is 15.7. The van der Waals surface area contributed by atoms with Gasteiger partial charge in [-0.05, 0) is 37.6 Å². The molecule has 0 saturated carbocycles. The van der Waals surface area contributed by atoms with E-state index in [2.05, 4.69) is 5.32 Å². The van der Waals surface area contributed by atoms with Gasteiger partial charge in [-0.15, -0.1) is 12.4 Å². The normalized spacial score (nSPS) is 21.0. The van der Waals surface area contributed by atoms with Crippen molar-refractivity contribution >= 4 is 24.2 Å². The summed E-state index contributed by atoms with van der Waals surface area (Å²) in [4.78, 5) is 28.3. The SMILES string of the molecule is CNC1CCN(C(=O)C2CC(=O)N(Cc3cccc(C(F)(F)F)c3)C2)CC1.Cl. The van der Waals surface area contributed by atoms with E-state index in [0.29, 0.717) is 24.7 Å². The van der Waals surface area contributed by atoms with E-state index in [1.54, 1.807) is 11.0 Å². The fourth-order valence-electron chi connectivity index (χ4n) is 3.80. The maximum atomic E-state index is 12.8. The first kappa shape index (κ1) is 22.5. The summed E-state index contributed by atoms with van der Waals surface area (Å²) in [6, 6.07) is 5.39. The Balaban J connectivity index is 0.00000280. The lowest BCUT2D eigenvalue weighted by Gasteiger charge is -2.33. The smallest absolute Gasteiger partial charge is 0.342 e. The van der Waals surface area contributed by atoms with E-state index in [1.165, 1.54) is 11.0 Å². The van der Waals surface area contributed by atoms with Gasteiger partial charge in [0, 0.05) is 38.6 Å². The maximum absolute atomic E-state index is 12.8. The first-order valence-electron chi connectivity index (χ1n) is 9.18. The van der Waals surface area contributed by atoms with Gasteiger partial charge in [0.05, 0.1) is 11.5 Å². The third kappa shape index (κ3) is 5.17. The molecule has 1 N–H and O–H groups in total. The number of amides is 2. The molecule has 1 aromatic rings. The van der Waals surface area contributed by atoms with Crippen molar-refractivity contribution in [2.24, 2.45) is 5.92 Å². The maximum Gasteiger partial charge on any atom is 0.416 e. The van der Waals surface area contributed by atoms with Crippen LogP contribution in [0.5, 0.6) is 0 Å². The molecule has 0 aromatic heterocycles. The second-order valence-corrected chi connectivity index (χ2v) is 7.26. The molecule has 1 atom stereocenters. The molecule has 2 aliphatic rings.